The number of phenols is 1. The second-order valence-electron chi connectivity index (χ2n) is 13.1. The molecule has 2 amide bonds. The summed E-state index contributed by atoms with van der Waals surface area (Å²) in [4.78, 5) is 28.4. The lowest BCUT2D eigenvalue weighted by molar-refractivity contribution is -0.118. The number of nitrogens with one attached hydrogen (secondary N) is 1. The zero-order chi connectivity index (χ0) is 33.1. The van der Waals surface area contributed by atoms with E-state index in [1.54, 1.807) is 30.8 Å². The van der Waals surface area contributed by atoms with E-state index in [0.29, 0.717) is 17.2 Å². The predicted octanol–water partition coefficient (Wildman–Crippen LogP) is 9.88. The van der Waals surface area contributed by atoms with Crippen LogP contribution < -0.4 is 15.0 Å². The molecule has 0 radical (unpaired) electrons. The number of ether oxygens (including phenoxy) is 1. The summed E-state index contributed by atoms with van der Waals surface area (Å²) in [6.45, 7) is 18.0. The maximum Gasteiger partial charge on any atom is 0.224 e. The number of carbonyl (C=O) groups excluding carboxylic acids is 2. The lowest BCUT2D eigenvalue weighted by Crippen LogP contribution is -2.53. The number of fused-ring (bicyclic) bond motifs is 1. The van der Waals surface area contributed by atoms with Crippen LogP contribution in [0.2, 0.25) is 0 Å². The largest absolute Gasteiger partial charge is 0.508 e. The Labute approximate surface area is 271 Å². The molecule has 1 aliphatic rings. The van der Waals surface area contributed by atoms with E-state index in [1.165, 1.54) is 6.92 Å². The molecule has 7 heteroatoms. The smallest absolute Gasteiger partial charge is 0.224 e. The molecule has 6 nitrogen and oxygen atoms in total. The third kappa shape index (κ3) is 7.71. The van der Waals surface area contributed by atoms with Gasteiger partial charge in [0.15, 0.2) is 5.75 Å². The van der Waals surface area contributed by atoms with E-state index in [4.69, 9.17) is 4.74 Å². The van der Waals surface area contributed by atoms with Gasteiger partial charge in [-0.25, -0.2) is 0 Å². The van der Waals surface area contributed by atoms with Crippen LogP contribution in [-0.4, -0.2) is 16.9 Å². The minimum atomic E-state index is -0.407. The summed E-state index contributed by atoms with van der Waals surface area (Å²) in [5, 5.41) is 12.4. The topological polar surface area (TPSA) is 78.9 Å². The van der Waals surface area contributed by atoms with Gasteiger partial charge in [-0.3, -0.25) is 9.59 Å². The number of carbonyl (C=O) groups is 2. The van der Waals surface area contributed by atoms with E-state index in [1.807, 2.05) is 59.5 Å². The maximum atomic E-state index is 12.3. The van der Waals surface area contributed by atoms with Crippen LogP contribution in [0.3, 0.4) is 0 Å². The Hall–Kier alpha value is -4.23. The number of anilines is 2. The SMILES string of the molecule is CC(=O)Nc1cc(C(C)(C)c2ccc3c(c2)N(C(C)=O)C3(C)C)ccc1Oc1ccc(Sc2ccc(O)cc2)cc1.CC(C)C. The van der Waals surface area contributed by atoms with Crippen molar-refractivity contribution in [3.63, 3.8) is 0 Å². The van der Waals surface area contributed by atoms with Gasteiger partial charge in [-0.1, -0.05) is 64.6 Å². The van der Waals surface area contributed by atoms with Gasteiger partial charge in [0.05, 0.1) is 16.9 Å². The van der Waals surface area contributed by atoms with Crippen LogP contribution in [-0.2, 0) is 20.5 Å². The zero-order valence-corrected chi connectivity index (χ0v) is 28.5. The van der Waals surface area contributed by atoms with Crippen molar-refractivity contribution in [1.29, 1.82) is 0 Å². The van der Waals surface area contributed by atoms with E-state index >= 15 is 0 Å². The van der Waals surface area contributed by atoms with Crippen LogP contribution in [0, 0.1) is 5.92 Å². The van der Waals surface area contributed by atoms with Crippen molar-refractivity contribution in [2.24, 2.45) is 5.92 Å². The highest BCUT2D eigenvalue weighted by atomic mass is 32.2. The fourth-order valence-corrected chi connectivity index (χ4v) is 6.19. The van der Waals surface area contributed by atoms with Crippen LogP contribution in [0.4, 0.5) is 11.4 Å². The van der Waals surface area contributed by atoms with Crippen molar-refractivity contribution in [3.05, 3.63) is 102 Å². The van der Waals surface area contributed by atoms with Crippen molar-refractivity contribution in [2.75, 3.05) is 10.2 Å². The van der Waals surface area contributed by atoms with Crippen molar-refractivity contribution >= 4 is 35.0 Å². The highest BCUT2D eigenvalue weighted by molar-refractivity contribution is 7.99. The number of rotatable bonds is 7. The molecule has 0 saturated heterocycles. The highest BCUT2D eigenvalue weighted by Crippen LogP contribution is 2.50. The standard InChI is InChI=1S/C34H34N2O4S.C4H10/c1-21(37)35-30-19-23(33(3,4)24-7-17-29-31(20-24)36(22(2)38)34(29,5)6)8-18-32(30)40-26-11-15-28(16-12-26)41-27-13-9-25(39)10-14-27;1-4(2)3/h7-20,39H,1-6H3,(H,35,37);4H,1-3H3. The molecule has 0 fully saturated rings. The molecule has 0 saturated carbocycles. The number of amides is 2. The van der Waals surface area contributed by atoms with Crippen LogP contribution >= 0.6 is 11.8 Å². The van der Waals surface area contributed by atoms with Gasteiger partial charge in [-0.15, -0.1) is 0 Å². The monoisotopic (exact) mass is 624 g/mol. The van der Waals surface area contributed by atoms with Crippen LogP contribution in [0.25, 0.3) is 0 Å². The summed E-state index contributed by atoms with van der Waals surface area (Å²) in [5.41, 5.74) is 4.04. The normalized spacial score (nSPS) is 13.2. The zero-order valence-electron chi connectivity index (χ0n) is 27.7. The van der Waals surface area contributed by atoms with E-state index < -0.39 is 5.41 Å². The van der Waals surface area contributed by atoms with Crippen LogP contribution in [0.15, 0.2) is 94.7 Å². The van der Waals surface area contributed by atoms with Crippen LogP contribution in [0.1, 0.15) is 79.0 Å². The molecular weight excluding hydrogens is 580 g/mol. The van der Waals surface area contributed by atoms with Gasteiger partial charge in [0.1, 0.15) is 11.5 Å². The summed E-state index contributed by atoms with van der Waals surface area (Å²) in [6, 6.07) is 27.0. The lowest BCUT2D eigenvalue weighted by atomic mass is 9.74. The molecule has 4 aromatic carbocycles. The molecule has 0 bridgehead atoms. The summed E-state index contributed by atoms with van der Waals surface area (Å²) in [7, 11) is 0. The summed E-state index contributed by atoms with van der Waals surface area (Å²) < 4.78 is 6.21. The molecule has 0 aliphatic carbocycles. The minimum absolute atomic E-state index is 0.0267. The van der Waals surface area contributed by atoms with E-state index in [2.05, 4.69) is 72.0 Å². The first-order valence-electron chi connectivity index (χ1n) is 15.2. The van der Waals surface area contributed by atoms with Crippen LogP contribution in [0.5, 0.6) is 17.2 Å². The minimum Gasteiger partial charge on any atom is -0.508 e. The maximum absolute atomic E-state index is 12.3. The Morgan fingerprint density at radius 3 is 1.93 bits per heavy atom. The Morgan fingerprint density at radius 2 is 1.38 bits per heavy atom. The molecule has 1 aliphatic heterocycles. The third-order valence-electron chi connectivity index (χ3n) is 7.63. The third-order valence-corrected chi connectivity index (χ3v) is 8.65. The number of phenolic OH excluding ortho intramolecular Hbond substituents is 1. The summed E-state index contributed by atoms with van der Waals surface area (Å²) in [5.74, 6) is 2.10. The molecule has 5 rings (SSSR count). The van der Waals surface area contributed by atoms with Gasteiger partial charge >= 0.3 is 0 Å². The Morgan fingerprint density at radius 1 is 0.844 bits per heavy atom. The quantitative estimate of drug-likeness (QED) is 0.214. The molecule has 236 valence electrons. The van der Waals surface area contributed by atoms with Crippen molar-refractivity contribution in [1.82, 2.24) is 0 Å². The highest BCUT2D eigenvalue weighted by Gasteiger charge is 2.45. The first-order valence-corrected chi connectivity index (χ1v) is 16.0. The van der Waals surface area contributed by atoms with Gasteiger partial charge in [0, 0.05) is 34.6 Å². The Balaban J connectivity index is 0.00000109. The fourth-order valence-electron chi connectivity index (χ4n) is 5.37. The molecule has 0 atom stereocenters. The first-order chi connectivity index (χ1) is 21.1. The van der Waals surface area contributed by atoms with Crippen molar-refractivity contribution in [3.8, 4) is 17.2 Å². The number of hydrogen-bond donors (Lipinski definition) is 2. The average molecular weight is 625 g/mol. The molecule has 0 unspecified atom stereocenters. The number of aromatic hydroxyl groups is 1. The predicted molar refractivity (Wildman–Crippen MR) is 185 cm³/mol. The molecular formula is C38H44N2O4S. The van der Waals surface area contributed by atoms with Gasteiger partial charge in [-0.05, 0) is 97.6 Å². The van der Waals surface area contributed by atoms with E-state index in [9.17, 15) is 14.7 Å². The van der Waals surface area contributed by atoms with Gasteiger partial charge in [0.2, 0.25) is 11.8 Å². The molecule has 4 aromatic rings. The van der Waals surface area contributed by atoms with E-state index in [0.717, 1.165) is 38.1 Å². The molecule has 1 heterocycles. The lowest BCUT2D eigenvalue weighted by Gasteiger charge is -2.50. The number of benzene rings is 4. The summed E-state index contributed by atoms with van der Waals surface area (Å²) in [6.07, 6.45) is 0. The van der Waals surface area contributed by atoms with Gasteiger partial charge < -0.3 is 20.1 Å². The van der Waals surface area contributed by atoms with Crippen molar-refractivity contribution in [2.45, 2.75) is 83.1 Å². The van der Waals surface area contributed by atoms with E-state index in [-0.39, 0.29) is 23.1 Å². The number of nitrogens with zero attached hydrogens (tertiary/aromatic N) is 1. The Kier molecular flexibility index (Phi) is 10.0. The molecule has 0 spiro atoms. The number of hydrogen-bond acceptors (Lipinski definition) is 5. The second kappa shape index (κ2) is 13.4. The molecule has 2 N–H and O–H groups in total. The van der Waals surface area contributed by atoms with Crippen molar-refractivity contribution < 1.29 is 19.4 Å². The second-order valence-corrected chi connectivity index (χ2v) is 14.2. The molecule has 45 heavy (non-hydrogen) atoms. The average Bonchev–Trinajstić information content (AvgIpc) is 2.95. The first kappa shape index (κ1) is 33.7. The fraction of sp³-hybridized carbons (Fsp3) is 0.316. The Bertz CT molecular complexity index is 1670. The van der Waals surface area contributed by atoms with Gasteiger partial charge in [-0.2, -0.15) is 0 Å². The summed E-state index contributed by atoms with van der Waals surface area (Å²) >= 11 is 1.59. The van der Waals surface area contributed by atoms with Gasteiger partial charge in [0.25, 0.3) is 0 Å². The molecule has 0 aromatic heterocycles.